The monoisotopic (exact) mass is 234 g/mol. The molecule has 1 saturated heterocycles. The van der Waals surface area contributed by atoms with Crippen molar-refractivity contribution in [3.05, 3.63) is 35.9 Å². The first-order chi connectivity index (χ1) is 8.16. The molecular weight excluding hydrogens is 220 g/mol. The third kappa shape index (κ3) is 2.75. The molecule has 0 saturated carbocycles. The molecule has 1 aliphatic rings. The summed E-state index contributed by atoms with van der Waals surface area (Å²) in [6.07, 6.45) is 0. The summed E-state index contributed by atoms with van der Waals surface area (Å²) in [5.74, 6) is -0.845. The van der Waals surface area contributed by atoms with Gasteiger partial charge >= 0.3 is 12.0 Å². The van der Waals surface area contributed by atoms with E-state index >= 15 is 0 Å². The van der Waals surface area contributed by atoms with Crippen molar-refractivity contribution in [2.75, 3.05) is 19.6 Å². The minimum Gasteiger partial charge on any atom is -0.480 e. The van der Waals surface area contributed by atoms with Crippen LogP contribution in [0.1, 0.15) is 11.5 Å². The second kappa shape index (κ2) is 4.86. The maximum Gasteiger partial charge on any atom is 0.323 e. The van der Waals surface area contributed by atoms with Gasteiger partial charge in [0.25, 0.3) is 0 Å². The van der Waals surface area contributed by atoms with Crippen molar-refractivity contribution < 1.29 is 14.7 Å². The van der Waals surface area contributed by atoms with E-state index in [4.69, 9.17) is 5.11 Å². The summed E-state index contributed by atoms with van der Waals surface area (Å²) in [5.41, 5.74) is 1.11. The van der Waals surface area contributed by atoms with Crippen LogP contribution in [-0.4, -0.2) is 41.6 Å². The third-order valence-electron chi connectivity index (χ3n) is 2.82. The van der Waals surface area contributed by atoms with Crippen LogP contribution in [-0.2, 0) is 4.79 Å². The highest BCUT2D eigenvalue weighted by atomic mass is 16.4. The number of hydrogen-bond acceptors (Lipinski definition) is 2. The van der Waals surface area contributed by atoms with Gasteiger partial charge in [0.05, 0.1) is 0 Å². The van der Waals surface area contributed by atoms with E-state index in [9.17, 15) is 9.59 Å². The molecule has 1 atom stereocenters. The molecule has 0 spiro atoms. The fourth-order valence-electron chi connectivity index (χ4n) is 1.98. The van der Waals surface area contributed by atoms with Crippen LogP contribution in [0, 0.1) is 0 Å². The number of urea groups is 1. The normalized spacial score (nSPS) is 19.9. The molecule has 1 heterocycles. The van der Waals surface area contributed by atoms with E-state index in [1.165, 1.54) is 4.90 Å². The number of carboxylic acid groups (broad SMARTS) is 1. The van der Waals surface area contributed by atoms with Gasteiger partial charge in [-0.15, -0.1) is 0 Å². The standard InChI is InChI=1S/C12H14N2O3/c15-11(16)8-14-7-10(6-13-12(14)17)9-4-2-1-3-5-9/h1-5,10H,6-8H2,(H,13,17)(H,15,16). The van der Waals surface area contributed by atoms with Gasteiger partial charge < -0.3 is 15.3 Å². The predicted octanol–water partition coefficient (Wildman–Crippen LogP) is 0.880. The molecule has 5 nitrogen and oxygen atoms in total. The number of amides is 2. The zero-order valence-corrected chi connectivity index (χ0v) is 9.30. The second-order valence-corrected chi connectivity index (χ2v) is 4.07. The largest absolute Gasteiger partial charge is 0.480 e. The molecule has 0 aliphatic carbocycles. The van der Waals surface area contributed by atoms with Gasteiger partial charge in [0.15, 0.2) is 0 Å². The van der Waals surface area contributed by atoms with E-state index < -0.39 is 5.97 Å². The number of carbonyl (C=O) groups is 2. The molecule has 2 N–H and O–H groups in total. The van der Waals surface area contributed by atoms with Gasteiger partial charge in [-0.1, -0.05) is 30.3 Å². The number of carboxylic acids is 1. The third-order valence-corrected chi connectivity index (χ3v) is 2.82. The number of rotatable bonds is 3. The van der Waals surface area contributed by atoms with E-state index in [0.29, 0.717) is 13.1 Å². The lowest BCUT2D eigenvalue weighted by atomic mass is 9.97. The van der Waals surface area contributed by atoms with Gasteiger partial charge in [-0.25, -0.2) is 4.79 Å². The van der Waals surface area contributed by atoms with Crippen LogP contribution in [0.25, 0.3) is 0 Å². The Balaban J connectivity index is 2.07. The summed E-state index contributed by atoms with van der Waals surface area (Å²) < 4.78 is 0. The average Bonchev–Trinajstić information content (AvgIpc) is 2.32. The van der Waals surface area contributed by atoms with Gasteiger partial charge in [0.2, 0.25) is 0 Å². The highest BCUT2D eigenvalue weighted by Crippen LogP contribution is 2.19. The molecule has 0 radical (unpaired) electrons. The molecule has 17 heavy (non-hydrogen) atoms. The Labute approximate surface area is 99.0 Å². The lowest BCUT2D eigenvalue weighted by Gasteiger charge is -2.32. The van der Waals surface area contributed by atoms with E-state index in [0.717, 1.165) is 5.56 Å². The van der Waals surface area contributed by atoms with Crippen molar-refractivity contribution in [2.45, 2.75) is 5.92 Å². The maximum atomic E-state index is 11.5. The van der Waals surface area contributed by atoms with Crippen LogP contribution in [0.4, 0.5) is 4.79 Å². The zero-order valence-electron chi connectivity index (χ0n) is 9.30. The molecule has 1 aromatic rings. The van der Waals surface area contributed by atoms with Crippen LogP contribution >= 0.6 is 0 Å². The molecule has 0 aromatic heterocycles. The summed E-state index contributed by atoms with van der Waals surface area (Å²) in [5, 5.41) is 11.4. The Morgan fingerprint density at radius 1 is 1.41 bits per heavy atom. The fourth-order valence-corrected chi connectivity index (χ4v) is 1.98. The van der Waals surface area contributed by atoms with Crippen molar-refractivity contribution >= 4 is 12.0 Å². The van der Waals surface area contributed by atoms with Gasteiger partial charge in [-0.05, 0) is 5.56 Å². The van der Waals surface area contributed by atoms with Gasteiger partial charge in [-0.2, -0.15) is 0 Å². The summed E-state index contributed by atoms with van der Waals surface area (Å²) in [4.78, 5) is 23.4. The Kier molecular flexibility index (Phi) is 3.27. The Bertz CT molecular complexity index is 419. The molecule has 0 bridgehead atoms. The summed E-state index contributed by atoms with van der Waals surface area (Å²) >= 11 is 0. The van der Waals surface area contributed by atoms with Crippen molar-refractivity contribution in [2.24, 2.45) is 0 Å². The molecule has 5 heteroatoms. The van der Waals surface area contributed by atoms with Gasteiger partial charge in [-0.3, -0.25) is 4.79 Å². The Morgan fingerprint density at radius 3 is 2.76 bits per heavy atom. The second-order valence-electron chi connectivity index (χ2n) is 4.07. The van der Waals surface area contributed by atoms with Gasteiger partial charge in [0, 0.05) is 19.0 Å². The first kappa shape index (κ1) is 11.4. The lowest BCUT2D eigenvalue weighted by molar-refractivity contribution is -0.137. The summed E-state index contributed by atoms with van der Waals surface area (Å²) in [6.45, 7) is 0.746. The molecule has 2 amide bonds. The Morgan fingerprint density at radius 2 is 2.12 bits per heavy atom. The molecular formula is C12H14N2O3. The first-order valence-corrected chi connectivity index (χ1v) is 5.46. The highest BCUT2D eigenvalue weighted by Gasteiger charge is 2.27. The Hall–Kier alpha value is -2.04. The number of benzene rings is 1. The summed E-state index contributed by atoms with van der Waals surface area (Å²) in [7, 11) is 0. The predicted molar refractivity (Wildman–Crippen MR) is 61.8 cm³/mol. The van der Waals surface area contributed by atoms with Crippen molar-refractivity contribution in [1.82, 2.24) is 10.2 Å². The van der Waals surface area contributed by atoms with E-state index in [1.54, 1.807) is 0 Å². The molecule has 2 rings (SSSR count). The quantitative estimate of drug-likeness (QED) is 0.815. The van der Waals surface area contributed by atoms with Crippen molar-refractivity contribution in [3.8, 4) is 0 Å². The molecule has 1 fully saturated rings. The van der Waals surface area contributed by atoms with Gasteiger partial charge in [0.1, 0.15) is 6.54 Å². The molecule has 1 aromatic carbocycles. The number of nitrogens with zero attached hydrogens (tertiary/aromatic N) is 1. The molecule has 90 valence electrons. The van der Waals surface area contributed by atoms with Crippen molar-refractivity contribution in [3.63, 3.8) is 0 Å². The summed E-state index contributed by atoms with van der Waals surface area (Å²) in [6, 6.07) is 9.47. The van der Waals surface area contributed by atoms with E-state index in [2.05, 4.69) is 5.32 Å². The van der Waals surface area contributed by atoms with Crippen LogP contribution in [0.3, 0.4) is 0 Å². The fraction of sp³-hybridized carbons (Fsp3) is 0.333. The minimum atomic E-state index is -0.992. The maximum absolute atomic E-state index is 11.5. The van der Waals surface area contributed by atoms with Crippen LogP contribution in [0.15, 0.2) is 30.3 Å². The highest BCUT2D eigenvalue weighted by molar-refractivity contribution is 5.80. The minimum absolute atomic E-state index is 0.147. The number of hydrogen-bond donors (Lipinski definition) is 2. The van der Waals surface area contributed by atoms with Crippen LogP contribution in [0.2, 0.25) is 0 Å². The average molecular weight is 234 g/mol. The number of carbonyl (C=O) groups excluding carboxylic acids is 1. The number of nitrogens with one attached hydrogen (secondary N) is 1. The smallest absolute Gasteiger partial charge is 0.323 e. The van der Waals surface area contributed by atoms with E-state index in [-0.39, 0.29) is 18.5 Å². The lowest BCUT2D eigenvalue weighted by Crippen LogP contribution is -2.51. The van der Waals surface area contributed by atoms with Crippen LogP contribution in [0.5, 0.6) is 0 Å². The first-order valence-electron chi connectivity index (χ1n) is 5.46. The van der Waals surface area contributed by atoms with E-state index in [1.807, 2.05) is 30.3 Å². The number of aliphatic carboxylic acids is 1. The molecule has 1 aliphatic heterocycles. The van der Waals surface area contributed by atoms with Crippen LogP contribution < -0.4 is 5.32 Å². The molecule has 1 unspecified atom stereocenters. The topological polar surface area (TPSA) is 69.6 Å². The zero-order chi connectivity index (χ0) is 12.3. The SMILES string of the molecule is O=C(O)CN1CC(c2ccccc2)CNC1=O. The van der Waals surface area contributed by atoms with Crippen molar-refractivity contribution in [1.29, 1.82) is 0 Å².